The van der Waals surface area contributed by atoms with Gasteiger partial charge in [0.2, 0.25) is 0 Å². The second kappa shape index (κ2) is 11.0. The van der Waals surface area contributed by atoms with E-state index in [2.05, 4.69) is 28.7 Å². The molecule has 0 N–H and O–H groups in total. The molecular weight excluding hydrogens is 543 g/mol. The molecule has 0 bridgehead atoms. The molecule has 0 amide bonds. The molecule has 0 aromatic heterocycles. The Labute approximate surface area is 204 Å². The molecule has 0 unspecified atom stereocenters. The number of rotatable bonds is 8. The number of nitro groups is 1. The fourth-order valence-corrected chi connectivity index (χ4v) is 3.83. The van der Waals surface area contributed by atoms with Gasteiger partial charge < -0.3 is 9.47 Å². The summed E-state index contributed by atoms with van der Waals surface area (Å²) in [7, 11) is 0. The molecule has 0 atom stereocenters. The van der Waals surface area contributed by atoms with Gasteiger partial charge in [-0.15, -0.1) is 0 Å². The van der Waals surface area contributed by atoms with Crippen molar-refractivity contribution in [3.63, 3.8) is 0 Å². The Bertz CT molecular complexity index is 1190. The van der Waals surface area contributed by atoms with Gasteiger partial charge in [0.1, 0.15) is 6.61 Å². The van der Waals surface area contributed by atoms with Crippen LogP contribution in [0.5, 0.6) is 11.5 Å². The zero-order valence-electron chi connectivity index (χ0n) is 17.0. The Hall–Kier alpha value is -3.09. The molecule has 0 aliphatic rings. The zero-order valence-corrected chi connectivity index (χ0v) is 20.0. The van der Waals surface area contributed by atoms with Crippen LogP contribution in [0, 0.1) is 25.0 Å². The highest BCUT2D eigenvalue weighted by Gasteiger charge is 2.13. The van der Waals surface area contributed by atoms with Crippen LogP contribution < -0.4 is 9.47 Å². The van der Waals surface area contributed by atoms with Crippen molar-refractivity contribution in [2.45, 2.75) is 13.5 Å². The SMILES string of the molecule is CCOc1cc(/C=C(/C#N)c2ccc([N+](=O)[O-])cc2)cc(I)c1OCc1ccc(Cl)cc1. The lowest BCUT2D eigenvalue weighted by molar-refractivity contribution is -0.384. The van der Waals surface area contributed by atoms with Gasteiger partial charge in [-0.2, -0.15) is 5.26 Å². The predicted molar refractivity (Wildman–Crippen MR) is 133 cm³/mol. The fourth-order valence-electron chi connectivity index (χ4n) is 2.92. The van der Waals surface area contributed by atoms with E-state index in [1.165, 1.54) is 12.1 Å². The Kier molecular flexibility index (Phi) is 8.09. The first-order valence-electron chi connectivity index (χ1n) is 9.61. The number of nitrogens with zero attached hydrogens (tertiary/aromatic N) is 2. The molecule has 8 heteroatoms. The van der Waals surface area contributed by atoms with Gasteiger partial charge in [-0.05, 0) is 88.7 Å². The van der Waals surface area contributed by atoms with Crippen molar-refractivity contribution in [1.82, 2.24) is 0 Å². The number of hydrogen-bond donors (Lipinski definition) is 0. The van der Waals surface area contributed by atoms with E-state index >= 15 is 0 Å². The van der Waals surface area contributed by atoms with Crippen LogP contribution in [0.15, 0.2) is 60.7 Å². The molecule has 32 heavy (non-hydrogen) atoms. The fraction of sp³-hybridized carbons (Fsp3) is 0.125. The lowest BCUT2D eigenvalue weighted by Crippen LogP contribution is -2.02. The van der Waals surface area contributed by atoms with Crippen molar-refractivity contribution in [3.05, 3.63) is 96.1 Å². The molecule has 0 heterocycles. The van der Waals surface area contributed by atoms with Crippen molar-refractivity contribution in [1.29, 1.82) is 5.26 Å². The number of halogens is 2. The van der Waals surface area contributed by atoms with Crippen LogP contribution in [-0.2, 0) is 6.61 Å². The second-order valence-corrected chi connectivity index (χ2v) is 8.25. The molecule has 0 aliphatic carbocycles. The number of allylic oxidation sites excluding steroid dienone is 1. The topological polar surface area (TPSA) is 85.4 Å². The van der Waals surface area contributed by atoms with E-state index in [0.717, 1.165) is 14.7 Å². The van der Waals surface area contributed by atoms with E-state index < -0.39 is 4.92 Å². The summed E-state index contributed by atoms with van der Waals surface area (Å²) in [6.45, 7) is 2.69. The number of hydrogen-bond acceptors (Lipinski definition) is 5. The third-order valence-electron chi connectivity index (χ3n) is 4.45. The summed E-state index contributed by atoms with van der Waals surface area (Å²) >= 11 is 8.11. The molecule has 3 rings (SSSR count). The maximum absolute atomic E-state index is 10.9. The van der Waals surface area contributed by atoms with Crippen LogP contribution in [0.2, 0.25) is 5.02 Å². The number of ether oxygens (including phenoxy) is 2. The van der Waals surface area contributed by atoms with Gasteiger partial charge in [-0.25, -0.2) is 0 Å². The van der Waals surface area contributed by atoms with Gasteiger partial charge in [0.05, 0.1) is 26.7 Å². The van der Waals surface area contributed by atoms with Gasteiger partial charge >= 0.3 is 0 Å². The minimum Gasteiger partial charge on any atom is -0.490 e. The average Bonchev–Trinajstić information content (AvgIpc) is 2.78. The van der Waals surface area contributed by atoms with Gasteiger partial charge in [0.15, 0.2) is 11.5 Å². The Morgan fingerprint density at radius 3 is 2.44 bits per heavy atom. The molecule has 0 radical (unpaired) electrons. The molecule has 0 fully saturated rings. The van der Waals surface area contributed by atoms with Crippen LogP contribution in [0.3, 0.4) is 0 Å². The minimum absolute atomic E-state index is 0.0265. The molecule has 3 aromatic rings. The lowest BCUT2D eigenvalue weighted by atomic mass is 10.0. The third-order valence-corrected chi connectivity index (χ3v) is 5.50. The largest absolute Gasteiger partial charge is 0.490 e. The third kappa shape index (κ3) is 5.99. The monoisotopic (exact) mass is 560 g/mol. The summed E-state index contributed by atoms with van der Waals surface area (Å²) in [5.74, 6) is 1.19. The highest BCUT2D eigenvalue weighted by atomic mass is 127. The van der Waals surface area contributed by atoms with E-state index in [4.69, 9.17) is 21.1 Å². The Balaban J connectivity index is 1.90. The molecule has 6 nitrogen and oxygen atoms in total. The quantitative estimate of drug-likeness (QED) is 0.0984. The zero-order chi connectivity index (χ0) is 23.1. The molecule has 0 saturated heterocycles. The molecule has 162 valence electrons. The first-order chi connectivity index (χ1) is 15.4. The first-order valence-corrected chi connectivity index (χ1v) is 11.1. The summed E-state index contributed by atoms with van der Waals surface area (Å²) in [5, 5.41) is 21.2. The second-order valence-electron chi connectivity index (χ2n) is 6.65. The number of nitro benzene ring substituents is 1. The smallest absolute Gasteiger partial charge is 0.269 e. The van der Waals surface area contributed by atoms with Gasteiger partial charge in [-0.3, -0.25) is 10.1 Å². The summed E-state index contributed by atoms with van der Waals surface area (Å²) in [6.07, 6.45) is 1.72. The van der Waals surface area contributed by atoms with Crippen LogP contribution in [0.25, 0.3) is 11.6 Å². The molecule has 0 aliphatic heterocycles. The number of nitriles is 1. The summed E-state index contributed by atoms with van der Waals surface area (Å²) < 4.78 is 12.6. The molecular formula is C24H18ClIN2O4. The predicted octanol–water partition coefficient (Wildman–Crippen LogP) is 6.89. The average molecular weight is 561 g/mol. The van der Waals surface area contributed by atoms with Crippen LogP contribution in [0.1, 0.15) is 23.6 Å². The lowest BCUT2D eigenvalue weighted by Gasteiger charge is -2.15. The van der Waals surface area contributed by atoms with E-state index in [0.29, 0.717) is 40.9 Å². The standard InChI is InChI=1S/C24H18ClIN2O4/c1-2-31-23-13-17(11-19(14-27)18-5-9-21(10-6-18)28(29)30)12-22(26)24(23)32-15-16-3-7-20(25)8-4-16/h3-13H,2,15H2,1H3/b19-11-. The number of benzene rings is 3. The minimum atomic E-state index is -0.473. The van der Waals surface area contributed by atoms with Crippen LogP contribution in [0.4, 0.5) is 5.69 Å². The Morgan fingerprint density at radius 1 is 1.16 bits per heavy atom. The van der Waals surface area contributed by atoms with Gasteiger partial charge in [-0.1, -0.05) is 23.7 Å². The van der Waals surface area contributed by atoms with E-state index in [1.807, 2.05) is 43.3 Å². The maximum Gasteiger partial charge on any atom is 0.269 e. The van der Waals surface area contributed by atoms with E-state index in [-0.39, 0.29) is 5.69 Å². The van der Waals surface area contributed by atoms with Crippen LogP contribution >= 0.6 is 34.2 Å². The summed E-state index contributed by atoms with van der Waals surface area (Å²) in [5.41, 5.74) is 2.68. The molecule has 0 saturated carbocycles. The molecule has 3 aromatic carbocycles. The highest BCUT2D eigenvalue weighted by molar-refractivity contribution is 14.1. The molecule has 0 spiro atoms. The Morgan fingerprint density at radius 2 is 1.84 bits per heavy atom. The maximum atomic E-state index is 10.9. The van der Waals surface area contributed by atoms with Gasteiger partial charge in [0, 0.05) is 17.2 Å². The summed E-state index contributed by atoms with van der Waals surface area (Å²) in [6, 6.07) is 19.2. The van der Waals surface area contributed by atoms with Crippen molar-refractivity contribution in [2.24, 2.45) is 0 Å². The normalized spacial score (nSPS) is 11.0. The summed E-state index contributed by atoms with van der Waals surface area (Å²) in [4.78, 5) is 10.4. The van der Waals surface area contributed by atoms with Crippen molar-refractivity contribution in [3.8, 4) is 17.6 Å². The van der Waals surface area contributed by atoms with E-state index in [1.54, 1.807) is 18.2 Å². The van der Waals surface area contributed by atoms with Crippen molar-refractivity contribution >= 4 is 51.5 Å². The van der Waals surface area contributed by atoms with E-state index in [9.17, 15) is 15.4 Å². The first kappa shape index (κ1) is 23.6. The van der Waals surface area contributed by atoms with Crippen LogP contribution in [-0.4, -0.2) is 11.5 Å². The highest BCUT2D eigenvalue weighted by Crippen LogP contribution is 2.36. The van der Waals surface area contributed by atoms with Crippen molar-refractivity contribution in [2.75, 3.05) is 6.61 Å². The van der Waals surface area contributed by atoms with Gasteiger partial charge in [0.25, 0.3) is 5.69 Å². The van der Waals surface area contributed by atoms with Crippen molar-refractivity contribution < 1.29 is 14.4 Å². The number of non-ortho nitro benzene ring substituents is 1.